The van der Waals surface area contributed by atoms with E-state index in [0.29, 0.717) is 37.1 Å². The number of nitrogens with one attached hydrogen (secondary N) is 1. The topological polar surface area (TPSA) is 103 Å². The Morgan fingerprint density at radius 1 is 1.00 bits per heavy atom. The second kappa shape index (κ2) is 10.5. The number of β-amino-alcohol motifs (C(OH)–C–C–N with tert-alkyl or cyclic N) is 1. The van der Waals surface area contributed by atoms with Crippen molar-refractivity contribution in [3.05, 3.63) is 66.4 Å². The van der Waals surface area contributed by atoms with Crippen LogP contribution >= 0.6 is 0 Å². The van der Waals surface area contributed by atoms with E-state index >= 15 is 0 Å². The Bertz CT molecular complexity index is 1120. The molecule has 3 aromatic rings. The van der Waals surface area contributed by atoms with Gasteiger partial charge in [-0.2, -0.15) is 4.98 Å². The van der Waals surface area contributed by atoms with Crippen molar-refractivity contribution in [1.82, 2.24) is 14.9 Å². The summed E-state index contributed by atoms with van der Waals surface area (Å²) in [6, 6.07) is 16.7. The van der Waals surface area contributed by atoms with Crippen LogP contribution in [0.2, 0.25) is 0 Å². The van der Waals surface area contributed by atoms with Gasteiger partial charge in [-0.15, -0.1) is 0 Å². The highest BCUT2D eigenvalue weighted by molar-refractivity contribution is 5.61. The van der Waals surface area contributed by atoms with Gasteiger partial charge in [0.25, 0.3) is 0 Å². The van der Waals surface area contributed by atoms with E-state index in [4.69, 9.17) is 4.74 Å². The predicted molar refractivity (Wildman–Crippen MR) is 133 cm³/mol. The lowest BCUT2D eigenvalue weighted by molar-refractivity contribution is -0.139. The van der Waals surface area contributed by atoms with E-state index in [1.165, 1.54) is 12.8 Å². The molecule has 0 spiro atoms. The maximum Gasteiger partial charge on any atom is 0.229 e. The maximum atomic E-state index is 10.9. The van der Waals surface area contributed by atoms with Crippen LogP contribution in [0.5, 0.6) is 11.5 Å². The second-order valence-electron chi connectivity index (χ2n) is 9.12. The quantitative estimate of drug-likeness (QED) is 0.229. The van der Waals surface area contributed by atoms with Gasteiger partial charge in [-0.05, 0) is 56.1 Å². The smallest absolute Gasteiger partial charge is 0.229 e. The molecule has 0 saturated carbocycles. The summed E-state index contributed by atoms with van der Waals surface area (Å²) in [7, 11) is 0. The predicted octanol–water partition coefficient (Wildman–Crippen LogP) is 3.64. The van der Waals surface area contributed by atoms with E-state index < -0.39 is 5.60 Å². The SMILES string of the molecule is OOc1ccc(Nc2nccc(N3CC(O)(c4ccccc4)C3)n2)cc1OCCCN1CCCC1. The number of rotatable bonds is 10. The summed E-state index contributed by atoms with van der Waals surface area (Å²) in [5.74, 6) is 1.87. The second-order valence-corrected chi connectivity index (χ2v) is 9.12. The minimum atomic E-state index is -0.874. The zero-order chi connectivity index (χ0) is 24.1. The van der Waals surface area contributed by atoms with Gasteiger partial charge >= 0.3 is 0 Å². The van der Waals surface area contributed by atoms with Gasteiger partial charge in [-0.3, -0.25) is 0 Å². The third kappa shape index (κ3) is 5.48. The van der Waals surface area contributed by atoms with Crippen molar-refractivity contribution in [2.24, 2.45) is 0 Å². The Balaban J connectivity index is 1.20. The van der Waals surface area contributed by atoms with Crippen molar-refractivity contribution < 1.29 is 20.0 Å². The molecule has 5 rings (SSSR count). The van der Waals surface area contributed by atoms with E-state index in [-0.39, 0.29) is 5.75 Å². The summed E-state index contributed by atoms with van der Waals surface area (Å²) in [6.45, 7) is 4.78. The molecule has 0 aliphatic carbocycles. The minimum absolute atomic E-state index is 0.257. The summed E-state index contributed by atoms with van der Waals surface area (Å²) in [4.78, 5) is 17.9. The molecule has 0 bridgehead atoms. The zero-order valence-electron chi connectivity index (χ0n) is 19.6. The van der Waals surface area contributed by atoms with Crippen LogP contribution in [0.15, 0.2) is 60.8 Å². The van der Waals surface area contributed by atoms with Crippen LogP contribution in [0, 0.1) is 0 Å². The van der Waals surface area contributed by atoms with Crippen LogP contribution in [0.1, 0.15) is 24.8 Å². The Labute approximate surface area is 204 Å². The molecule has 184 valence electrons. The number of ether oxygens (including phenoxy) is 1. The average molecular weight is 478 g/mol. The van der Waals surface area contributed by atoms with Crippen molar-refractivity contribution in [3.8, 4) is 11.5 Å². The van der Waals surface area contributed by atoms with Crippen LogP contribution in [0.25, 0.3) is 0 Å². The van der Waals surface area contributed by atoms with Gasteiger partial charge in [-0.1, -0.05) is 30.3 Å². The largest absolute Gasteiger partial charge is 0.489 e. The molecule has 0 radical (unpaired) electrons. The van der Waals surface area contributed by atoms with E-state index in [2.05, 4.69) is 25.1 Å². The van der Waals surface area contributed by atoms with Gasteiger partial charge in [0.2, 0.25) is 11.7 Å². The fourth-order valence-electron chi connectivity index (χ4n) is 4.64. The van der Waals surface area contributed by atoms with Gasteiger partial charge in [0, 0.05) is 24.5 Å². The normalized spacial score (nSPS) is 17.1. The summed E-state index contributed by atoms with van der Waals surface area (Å²) < 4.78 is 5.89. The fraction of sp³-hybridized carbons (Fsp3) is 0.385. The monoisotopic (exact) mass is 477 g/mol. The number of hydrogen-bond donors (Lipinski definition) is 3. The molecule has 9 nitrogen and oxygen atoms in total. The van der Waals surface area contributed by atoms with E-state index in [9.17, 15) is 10.4 Å². The van der Waals surface area contributed by atoms with E-state index in [1.807, 2.05) is 41.3 Å². The standard InChI is InChI=1S/C26H31N5O4/c32-26(20-7-2-1-3-8-20)18-31(19-26)24-11-12-27-25(29-24)28-21-9-10-22(35-33)23(17-21)34-16-6-15-30-13-4-5-14-30/h1-3,7-12,17,32-33H,4-6,13-16,18-19H2,(H,27,28,29). The minimum Gasteiger partial charge on any atom is -0.489 e. The first-order chi connectivity index (χ1) is 17.1. The van der Waals surface area contributed by atoms with Gasteiger partial charge in [0.1, 0.15) is 11.4 Å². The Hall–Kier alpha value is -3.40. The molecule has 0 amide bonds. The number of benzene rings is 2. The zero-order valence-corrected chi connectivity index (χ0v) is 19.6. The summed E-state index contributed by atoms with van der Waals surface area (Å²) in [5.41, 5.74) is 0.741. The number of anilines is 3. The Morgan fingerprint density at radius 2 is 1.80 bits per heavy atom. The van der Waals surface area contributed by atoms with Crippen molar-refractivity contribution >= 4 is 17.5 Å². The molecule has 2 fully saturated rings. The first kappa shape index (κ1) is 23.3. The molecule has 2 aliphatic heterocycles. The number of likely N-dealkylation sites (tertiary alicyclic amines) is 1. The van der Waals surface area contributed by atoms with Crippen LogP contribution in [-0.2, 0) is 5.60 Å². The lowest BCUT2D eigenvalue weighted by Crippen LogP contribution is -2.59. The van der Waals surface area contributed by atoms with E-state index in [1.54, 1.807) is 24.4 Å². The molecule has 35 heavy (non-hydrogen) atoms. The Morgan fingerprint density at radius 3 is 2.57 bits per heavy atom. The summed E-state index contributed by atoms with van der Waals surface area (Å²) >= 11 is 0. The highest BCUT2D eigenvalue weighted by Crippen LogP contribution is 2.35. The molecule has 3 heterocycles. The number of hydrogen-bond acceptors (Lipinski definition) is 9. The van der Waals surface area contributed by atoms with Crippen LogP contribution < -0.4 is 19.8 Å². The third-order valence-electron chi connectivity index (χ3n) is 6.55. The highest BCUT2D eigenvalue weighted by atomic mass is 17.1. The third-order valence-corrected chi connectivity index (χ3v) is 6.55. The van der Waals surface area contributed by atoms with Crippen LogP contribution in [0.3, 0.4) is 0 Å². The van der Waals surface area contributed by atoms with Gasteiger partial charge in [0.05, 0.1) is 19.7 Å². The molecule has 0 atom stereocenters. The lowest BCUT2D eigenvalue weighted by atomic mass is 9.86. The molecule has 2 saturated heterocycles. The molecule has 9 heteroatoms. The van der Waals surface area contributed by atoms with Gasteiger partial charge in [-0.25, -0.2) is 10.2 Å². The molecule has 0 unspecified atom stereocenters. The molecular formula is C26H31N5O4. The number of nitrogens with zero attached hydrogens (tertiary/aromatic N) is 4. The first-order valence-corrected chi connectivity index (χ1v) is 12.1. The number of aliphatic hydroxyl groups is 1. The molecule has 2 aliphatic rings. The molecule has 3 N–H and O–H groups in total. The van der Waals surface area contributed by atoms with Crippen LogP contribution in [-0.4, -0.2) is 64.6 Å². The van der Waals surface area contributed by atoms with Crippen molar-refractivity contribution in [2.75, 3.05) is 49.5 Å². The lowest BCUT2D eigenvalue weighted by Gasteiger charge is -2.47. The van der Waals surface area contributed by atoms with Gasteiger partial charge < -0.3 is 29.8 Å². The van der Waals surface area contributed by atoms with Crippen LogP contribution in [0.4, 0.5) is 17.5 Å². The molecule has 1 aromatic heterocycles. The summed E-state index contributed by atoms with van der Waals surface area (Å²) in [5, 5.41) is 23.3. The highest BCUT2D eigenvalue weighted by Gasteiger charge is 2.43. The van der Waals surface area contributed by atoms with E-state index in [0.717, 1.165) is 37.4 Å². The first-order valence-electron chi connectivity index (χ1n) is 12.1. The Kier molecular flexibility index (Phi) is 6.98. The number of aromatic nitrogens is 2. The fourth-order valence-corrected chi connectivity index (χ4v) is 4.64. The average Bonchev–Trinajstić information content (AvgIpc) is 3.39. The van der Waals surface area contributed by atoms with Gasteiger partial charge in [0.15, 0.2) is 5.75 Å². The molecular weight excluding hydrogens is 446 g/mol. The van der Waals surface area contributed by atoms with Crippen molar-refractivity contribution in [3.63, 3.8) is 0 Å². The van der Waals surface area contributed by atoms with Crippen molar-refractivity contribution in [1.29, 1.82) is 0 Å². The van der Waals surface area contributed by atoms with Crippen molar-refractivity contribution in [2.45, 2.75) is 24.9 Å². The maximum absolute atomic E-state index is 10.9. The molecule has 2 aromatic carbocycles. The summed E-state index contributed by atoms with van der Waals surface area (Å²) in [6.07, 6.45) is 5.13.